The topological polar surface area (TPSA) is 41.9 Å². The Bertz CT molecular complexity index is 986. The van der Waals surface area contributed by atoms with Gasteiger partial charge in [-0.1, -0.05) is 36.4 Å². The lowest BCUT2D eigenvalue weighted by atomic mass is 10.1. The summed E-state index contributed by atoms with van der Waals surface area (Å²) in [6.45, 7) is 0. The van der Waals surface area contributed by atoms with Crippen molar-refractivity contribution in [3.05, 3.63) is 65.4 Å². The molecule has 0 N–H and O–H groups in total. The second kappa shape index (κ2) is 6.19. The maximum absolute atomic E-state index is 6.15. The summed E-state index contributed by atoms with van der Waals surface area (Å²) in [7, 11) is 1.94. The summed E-state index contributed by atoms with van der Waals surface area (Å²) < 4.78 is 0. The van der Waals surface area contributed by atoms with E-state index in [2.05, 4.69) is 32.5 Å². The fraction of sp³-hybridized carbons (Fsp3) is 0.0556. The van der Waals surface area contributed by atoms with Crippen LogP contribution in [0, 0.1) is 0 Å². The molecule has 6 heteroatoms. The Morgan fingerprint density at radius 3 is 2.54 bits per heavy atom. The highest BCUT2D eigenvalue weighted by molar-refractivity contribution is 7.17. The minimum atomic E-state index is 0.238. The fourth-order valence-corrected chi connectivity index (χ4v) is 3.79. The quantitative estimate of drug-likeness (QED) is 0.477. The molecule has 4 nitrogen and oxygen atoms in total. The summed E-state index contributed by atoms with van der Waals surface area (Å²) in [5.74, 6) is 1.56. The first-order valence-corrected chi connectivity index (χ1v) is 8.65. The van der Waals surface area contributed by atoms with Crippen molar-refractivity contribution >= 4 is 44.8 Å². The Kier molecular flexibility index (Phi) is 3.88. The van der Waals surface area contributed by atoms with E-state index in [4.69, 9.17) is 11.6 Å². The molecule has 3 aromatic heterocycles. The summed E-state index contributed by atoms with van der Waals surface area (Å²) in [5, 5.41) is 3.33. The molecule has 0 saturated carbocycles. The number of benzene rings is 1. The molecule has 0 atom stereocenters. The van der Waals surface area contributed by atoms with Crippen LogP contribution in [-0.4, -0.2) is 22.0 Å². The Labute approximate surface area is 148 Å². The normalized spacial score (nSPS) is 10.9. The molecular weight excluding hydrogens is 340 g/mol. The molecule has 0 aliphatic heterocycles. The number of pyridine rings is 1. The van der Waals surface area contributed by atoms with E-state index in [1.165, 1.54) is 0 Å². The average molecular weight is 353 g/mol. The third-order valence-corrected chi connectivity index (χ3v) is 4.82. The number of anilines is 2. The van der Waals surface area contributed by atoms with Gasteiger partial charge < -0.3 is 4.90 Å². The molecule has 0 radical (unpaired) electrons. The first kappa shape index (κ1) is 15.1. The van der Waals surface area contributed by atoms with Crippen LogP contribution in [0.25, 0.3) is 21.3 Å². The van der Waals surface area contributed by atoms with Gasteiger partial charge in [-0.2, -0.15) is 4.98 Å². The zero-order valence-electron chi connectivity index (χ0n) is 12.8. The van der Waals surface area contributed by atoms with Gasteiger partial charge in [0.2, 0.25) is 5.28 Å². The van der Waals surface area contributed by atoms with Crippen LogP contribution in [0.2, 0.25) is 5.28 Å². The average Bonchev–Trinajstić information content (AvgIpc) is 3.05. The molecule has 0 aliphatic rings. The summed E-state index contributed by atoms with van der Waals surface area (Å²) in [4.78, 5) is 16.1. The van der Waals surface area contributed by atoms with Crippen LogP contribution in [0.3, 0.4) is 0 Å². The molecular formula is C18H13ClN4S. The summed E-state index contributed by atoms with van der Waals surface area (Å²) in [6.07, 6.45) is 1.76. The van der Waals surface area contributed by atoms with Gasteiger partial charge in [0.25, 0.3) is 0 Å². The zero-order valence-corrected chi connectivity index (χ0v) is 14.4. The molecule has 0 spiro atoms. The number of halogens is 1. The largest absolute Gasteiger partial charge is 0.313 e. The van der Waals surface area contributed by atoms with E-state index in [0.717, 1.165) is 33.0 Å². The van der Waals surface area contributed by atoms with Gasteiger partial charge in [-0.05, 0) is 29.3 Å². The van der Waals surface area contributed by atoms with Crippen molar-refractivity contribution in [2.24, 2.45) is 0 Å². The predicted molar refractivity (Wildman–Crippen MR) is 100 cm³/mol. The minimum absolute atomic E-state index is 0.238. The number of aromatic nitrogens is 3. The van der Waals surface area contributed by atoms with Crippen LogP contribution >= 0.6 is 22.9 Å². The van der Waals surface area contributed by atoms with Crippen LogP contribution in [0.15, 0.2) is 60.1 Å². The van der Waals surface area contributed by atoms with Crippen molar-refractivity contribution in [2.75, 3.05) is 11.9 Å². The van der Waals surface area contributed by atoms with Crippen molar-refractivity contribution in [1.82, 2.24) is 15.0 Å². The monoisotopic (exact) mass is 352 g/mol. The molecule has 24 heavy (non-hydrogen) atoms. The van der Waals surface area contributed by atoms with Crippen LogP contribution in [-0.2, 0) is 0 Å². The number of fused-ring (bicyclic) bond motifs is 1. The first-order chi connectivity index (χ1) is 11.7. The minimum Gasteiger partial charge on any atom is -0.313 e. The Morgan fingerprint density at radius 1 is 1.00 bits per heavy atom. The lowest BCUT2D eigenvalue weighted by Gasteiger charge is -2.18. The van der Waals surface area contributed by atoms with Gasteiger partial charge in [0, 0.05) is 24.2 Å². The van der Waals surface area contributed by atoms with Crippen molar-refractivity contribution in [3.8, 4) is 11.1 Å². The van der Waals surface area contributed by atoms with E-state index >= 15 is 0 Å². The van der Waals surface area contributed by atoms with Crippen LogP contribution in [0.1, 0.15) is 0 Å². The number of thiophene rings is 1. The summed E-state index contributed by atoms with van der Waals surface area (Å²) in [6, 6.07) is 16.0. The smallest absolute Gasteiger partial charge is 0.225 e. The number of hydrogen-bond acceptors (Lipinski definition) is 5. The molecule has 118 valence electrons. The molecule has 4 aromatic rings. The standard InChI is InChI=1S/C18H13ClN4S/c1-23(14-9-5-6-10-20-14)16-15-13(12-7-3-2-4-8-12)11-24-17(15)22-18(19)21-16/h2-11H,1H3. The molecule has 0 aliphatic carbocycles. The lowest BCUT2D eigenvalue weighted by molar-refractivity contribution is 1.07. The Hall–Kier alpha value is -2.50. The predicted octanol–water partition coefficient (Wildman–Crippen LogP) is 5.17. The second-order valence-electron chi connectivity index (χ2n) is 5.26. The van der Waals surface area contributed by atoms with Gasteiger partial charge >= 0.3 is 0 Å². The maximum Gasteiger partial charge on any atom is 0.225 e. The second-order valence-corrected chi connectivity index (χ2v) is 6.45. The van der Waals surface area contributed by atoms with Crippen molar-refractivity contribution in [3.63, 3.8) is 0 Å². The van der Waals surface area contributed by atoms with Gasteiger partial charge in [-0.15, -0.1) is 11.3 Å². The number of hydrogen-bond donors (Lipinski definition) is 0. The van der Waals surface area contributed by atoms with E-state index in [0.29, 0.717) is 0 Å². The van der Waals surface area contributed by atoms with Crippen LogP contribution < -0.4 is 4.90 Å². The van der Waals surface area contributed by atoms with E-state index in [9.17, 15) is 0 Å². The third kappa shape index (κ3) is 2.62. The van der Waals surface area contributed by atoms with Gasteiger partial charge in [-0.25, -0.2) is 9.97 Å². The highest BCUT2D eigenvalue weighted by Gasteiger charge is 2.18. The van der Waals surface area contributed by atoms with Crippen molar-refractivity contribution in [2.45, 2.75) is 0 Å². The highest BCUT2D eigenvalue weighted by Crippen LogP contribution is 2.39. The molecule has 0 fully saturated rings. The Morgan fingerprint density at radius 2 is 1.79 bits per heavy atom. The lowest BCUT2D eigenvalue weighted by Crippen LogP contribution is -2.13. The molecule has 1 aromatic carbocycles. The van der Waals surface area contributed by atoms with Gasteiger partial charge in [-0.3, -0.25) is 0 Å². The number of nitrogens with zero attached hydrogens (tertiary/aromatic N) is 4. The van der Waals surface area contributed by atoms with Gasteiger partial charge in [0.1, 0.15) is 16.5 Å². The molecule has 0 bridgehead atoms. The molecule has 0 amide bonds. The third-order valence-electron chi connectivity index (χ3n) is 3.78. The van der Waals surface area contributed by atoms with Crippen molar-refractivity contribution in [1.29, 1.82) is 0 Å². The van der Waals surface area contributed by atoms with E-state index < -0.39 is 0 Å². The first-order valence-electron chi connectivity index (χ1n) is 7.39. The van der Waals surface area contributed by atoms with E-state index in [-0.39, 0.29) is 5.28 Å². The van der Waals surface area contributed by atoms with Crippen molar-refractivity contribution < 1.29 is 0 Å². The van der Waals surface area contributed by atoms with Crippen LogP contribution in [0.4, 0.5) is 11.6 Å². The molecule has 0 saturated heterocycles. The molecule has 4 rings (SSSR count). The summed E-state index contributed by atoms with van der Waals surface area (Å²) >= 11 is 7.72. The SMILES string of the molecule is CN(c1ccccn1)c1nc(Cl)nc2scc(-c3ccccc3)c12. The maximum atomic E-state index is 6.15. The van der Waals surface area contributed by atoms with Crippen LogP contribution in [0.5, 0.6) is 0 Å². The Balaban J connectivity index is 1.96. The summed E-state index contributed by atoms with van der Waals surface area (Å²) in [5.41, 5.74) is 2.23. The number of rotatable bonds is 3. The molecule has 3 heterocycles. The zero-order chi connectivity index (χ0) is 16.5. The van der Waals surface area contributed by atoms with Gasteiger partial charge in [0.05, 0.1) is 5.39 Å². The van der Waals surface area contributed by atoms with Gasteiger partial charge in [0.15, 0.2) is 0 Å². The van der Waals surface area contributed by atoms with E-state index in [1.807, 2.05) is 48.3 Å². The highest BCUT2D eigenvalue weighted by atomic mass is 35.5. The molecule has 0 unspecified atom stereocenters. The van der Waals surface area contributed by atoms with E-state index in [1.54, 1.807) is 17.5 Å². The fourth-order valence-electron chi connectivity index (χ4n) is 2.63.